The predicted octanol–water partition coefficient (Wildman–Crippen LogP) is 5.70. The number of alkyl carbamates (subject to hydrolysis) is 1. The van der Waals surface area contributed by atoms with Crippen molar-refractivity contribution in [1.29, 1.82) is 0 Å². The Balaban J connectivity index is 3.45. The van der Waals surface area contributed by atoms with Gasteiger partial charge in [0.15, 0.2) is 0 Å². The van der Waals surface area contributed by atoms with E-state index in [0.29, 0.717) is 25.1 Å². The summed E-state index contributed by atoms with van der Waals surface area (Å²) >= 11 is 0. The van der Waals surface area contributed by atoms with Crippen LogP contribution in [-0.2, 0) is 14.3 Å². The highest BCUT2D eigenvalue weighted by molar-refractivity contribution is 5.92. The fraction of sp³-hybridized carbons (Fsp3) is 0.690. The van der Waals surface area contributed by atoms with Crippen LogP contribution in [0.3, 0.4) is 0 Å². The highest BCUT2D eigenvalue weighted by Gasteiger charge is 2.37. The minimum absolute atomic E-state index is 0.0822. The van der Waals surface area contributed by atoms with Crippen LogP contribution in [-0.4, -0.2) is 52.6 Å². The van der Waals surface area contributed by atoms with Crippen LogP contribution in [0.1, 0.15) is 105 Å². The smallest absolute Gasteiger partial charge is 0.408 e. The Bertz CT molecular complexity index is 835. The molecule has 3 amide bonds. The van der Waals surface area contributed by atoms with Crippen molar-refractivity contribution < 1.29 is 24.2 Å². The summed E-state index contributed by atoms with van der Waals surface area (Å²) in [5.74, 6) is -0.691. The van der Waals surface area contributed by atoms with E-state index in [-0.39, 0.29) is 23.5 Å². The zero-order valence-corrected chi connectivity index (χ0v) is 23.9. The molecule has 210 valence electrons. The standard InChI is InChI=1S/C29H49N3O5/c1-8-11-13-14-20-32(27(35)24(21(4)10-3)31-28(36)37-29(5,6)7)25(26(34)30-19-12-9-2)22-15-17-23(33)18-16-22/h15-18,21,24-25,33H,8-14,19-20H2,1-7H3,(H,30,34)(H,31,36). The first-order valence-corrected chi connectivity index (χ1v) is 13.8. The number of carbonyl (C=O) groups excluding carboxylic acids is 3. The van der Waals surface area contributed by atoms with Gasteiger partial charge in [-0.2, -0.15) is 0 Å². The summed E-state index contributed by atoms with van der Waals surface area (Å²) in [6.45, 7) is 14.2. The van der Waals surface area contributed by atoms with Gasteiger partial charge >= 0.3 is 6.09 Å². The SMILES string of the molecule is CCCCCCN(C(=O)C(NC(=O)OC(C)(C)C)C(C)CC)C(C(=O)NCCCC)c1ccc(O)cc1. The molecule has 8 heteroatoms. The molecule has 0 saturated heterocycles. The Morgan fingerprint density at radius 2 is 1.59 bits per heavy atom. The van der Waals surface area contributed by atoms with Gasteiger partial charge in [-0.25, -0.2) is 4.79 Å². The minimum Gasteiger partial charge on any atom is -0.508 e. The number of aromatic hydroxyl groups is 1. The lowest BCUT2D eigenvalue weighted by Gasteiger charge is -2.36. The van der Waals surface area contributed by atoms with Gasteiger partial charge in [-0.15, -0.1) is 0 Å². The van der Waals surface area contributed by atoms with Crippen LogP contribution in [0.5, 0.6) is 5.75 Å². The molecule has 0 heterocycles. The molecule has 0 bridgehead atoms. The predicted molar refractivity (Wildman–Crippen MR) is 147 cm³/mol. The molecular weight excluding hydrogens is 470 g/mol. The largest absolute Gasteiger partial charge is 0.508 e. The van der Waals surface area contributed by atoms with Gasteiger partial charge in [-0.3, -0.25) is 9.59 Å². The summed E-state index contributed by atoms with van der Waals surface area (Å²) in [6, 6.07) is 4.64. The third kappa shape index (κ3) is 11.4. The van der Waals surface area contributed by atoms with Crippen LogP contribution < -0.4 is 10.6 Å². The van der Waals surface area contributed by atoms with Gasteiger partial charge < -0.3 is 25.4 Å². The van der Waals surface area contributed by atoms with Crippen molar-refractivity contribution in [1.82, 2.24) is 15.5 Å². The second kappa shape index (κ2) is 16.2. The van der Waals surface area contributed by atoms with E-state index in [1.165, 1.54) is 12.1 Å². The van der Waals surface area contributed by atoms with Gasteiger partial charge in [0.05, 0.1) is 0 Å². The number of hydrogen-bond acceptors (Lipinski definition) is 5. The Morgan fingerprint density at radius 1 is 0.973 bits per heavy atom. The molecule has 8 nitrogen and oxygen atoms in total. The lowest BCUT2D eigenvalue weighted by atomic mass is 9.95. The number of phenolic OH excluding ortho intramolecular Hbond substituents is 1. The molecule has 0 aliphatic carbocycles. The number of benzene rings is 1. The molecule has 0 fully saturated rings. The monoisotopic (exact) mass is 519 g/mol. The quantitative estimate of drug-likeness (QED) is 0.258. The summed E-state index contributed by atoms with van der Waals surface area (Å²) in [5.41, 5.74) is -0.100. The molecule has 0 aromatic heterocycles. The maximum atomic E-state index is 14.2. The molecule has 3 N–H and O–H groups in total. The molecule has 1 rings (SSSR count). The van der Waals surface area contributed by atoms with Crippen molar-refractivity contribution in [2.24, 2.45) is 5.92 Å². The first-order chi connectivity index (χ1) is 17.4. The number of hydrogen-bond donors (Lipinski definition) is 3. The summed E-state index contributed by atoms with van der Waals surface area (Å²) in [6.07, 6.45) is 5.48. The van der Waals surface area contributed by atoms with Crippen LogP contribution in [0.25, 0.3) is 0 Å². The maximum absolute atomic E-state index is 14.2. The van der Waals surface area contributed by atoms with E-state index in [0.717, 1.165) is 38.5 Å². The normalized spacial score (nSPS) is 13.8. The van der Waals surface area contributed by atoms with Gasteiger partial charge in [-0.05, 0) is 57.2 Å². The summed E-state index contributed by atoms with van der Waals surface area (Å²) in [7, 11) is 0. The van der Waals surface area contributed by atoms with Crippen molar-refractivity contribution in [2.75, 3.05) is 13.1 Å². The van der Waals surface area contributed by atoms with Gasteiger partial charge in [-0.1, -0.05) is 71.9 Å². The number of rotatable bonds is 15. The van der Waals surface area contributed by atoms with Crippen LogP contribution in [0.2, 0.25) is 0 Å². The zero-order chi connectivity index (χ0) is 28.0. The number of phenols is 1. The van der Waals surface area contributed by atoms with E-state index in [4.69, 9.17) is 4.74 Å². The van der Waals surface area contributed by atoms with Crippen LogP contribution in [0.15, 0.2) is 24.3 Å². The second-order valence-electron chi connectivity index (χ2n) is 10.7. The van der Waals surface area contributed by atoms with E-state index in [2.05, 4.69) is 17.6 Å². The molecule has 1 aromatic carbocycles. The number of nitrogens with one attached hydrogen (secondary N) is 2. The number of nitrogens with zero attached hydrogens (tertiary/aromatic N) is 1. The Hall–Kier alpha value is -2.77. The fourth-order valence-electron chi connectivity index (χ4n) is 3.99. The second-order valence-corrected chi connectivity index (χ2v) is 10.7. The molecule has 0 radical (unpaired) electrons. The van der Waals surface area contributed by atoms with E-state index in [9.17, 15) is 19.5 Å². The van der Waals surface area contributed by atoms with Crippen LogP contribution in [0, 0.1) is 5.92 Å². The Kier molecular flexibility index (Phi) is 14.1. The Morgan fingerprint density at radius 3 is 2.14 bits per heavy atom. The topological polar surface area (TPSA) is 108 Å². The van der Waals surface area contributed by atoms with Crippen LogP contribution in [0.4, 0.5) is 4.79 Å². The first-order valence-electron chi connectivity index (χ1n) is 13.8. The van der Waals surface area contributed by atoms with E-state index >= 15 is 0 Å². The van der Waals surface area contributed by atoms with E-state index in [1.54, 1.807) is 37.8 Å². The minimum atomic E-state index is -0.890. The number of unbranched alkanes of at least 4 members (excludes halogenated alkanes) is 4. The number of amides is 3. The lowest BCUT2D eigenvalue weighted by molar-refractivity contribution is -0.143. The van der Waals surface area contributed by atoms with E-state index in [1.807, 2.05) is 20.8 Å². The van der Waals surface area contributed by atoms with Gasteiger partial charge in [0.2, 0.25) is 11.8 Å². The third-order valence-corrected chi connectivity index (χ3v) is 6.29. The number of ether oxygens (including phenoxy) is 1. The highest BCUT2D eigenvalue weighted by atomic mass is 16.6. The molecular formula is C29H49N3O5. The highest BCUT2D eigenvalue weighted by Crippen LogP contribution is 2.27. The molecule has 0 aliphatic rings. The van der Waals surface area contributed by atoms with Gasteiger partial charge in [0, 0.05) is 13.1 Å². The molecule has 0 saturated carbocycles. The molecule has 37 heavy (non-hydrogen) atoms. The van der Waals surface area contributed by atoms with E-state index < -0.39 is 23.8 Å². The van der Waals surface area contributed by atoms with Crippen molar-refractivity contribution in [3.05, 3.63) is 29.8 Å². The summed E-state index contributed by atoms with van der Waals surface area (Å²) in [5, 5.41) is 15.6. The van der Waals surface area contributed by atoms with Crippen molar-refractivity contribution in [3.63, 3.8) is 0 Å². The fourth-order valence-corrected chi connectivity index (χ4v) is 3.99. The van der Waals surface area contributed by atoms with Crippen molar-refractivity contribution in [2.45, 2.75) is 111 Å². The maximum Gasteiger partial charge on any atom is 0.408 e. The van der Waals surface area contributed by atoms with Crippen molar-refractivity contribution in [3.8, 4) is 5.75 Å². The van der Waals surface area contributed by atoms with Crippen molar-refractivity contribution >= 4 is 17.9 Å². The first kappa shape index (κ1) is 32.3. The molecule has 0 aliphatic heterocycles. The average molecular weight is 520 g/mol. The van der Waals surface area contributed by atoms with Gasteiger partial charge in [0.25, 0.3) is 0 Å². The lowest BCUT2D eigenvalue weighted by Crippen LogP contribution is -2.55. The summed E-state index contributed by atoms with van der Waals surface area (Å²) in [4.78, 5) is 42.0. The molecule has 3 atom stereocenters. The number of carbonyl (C=O) groups is 3. The molecule has 1 aromatic rings. The van der Waals surface area contributed by atoms with Gasteiger partial charge in [0.1, 0.15) is 23.4 Å². The molecule has 3 unspecified atom stereocenters. The Labute approximate surface area is 223 Å². The molecule has 0 spiro atoms. The third-order valence-electron chi connectivity index (χ3n) is 6.29. The van der Waals surface area contributed by atoms with Crippen LogP contribution >= 0.6 is 0 Å². The summed E-state index contributed by atoms with van der Waals surface area (Å²) < 4.78 is 5.45. The zero-order valence-electron chi connectivity index (χ0n) is 23.9. The average Bonchev–Trinajstić information content (AvgIpc) is 2.83.